The van der Waals surface area contributed by atoms with Crippen LogP contribution in [0, 0.1) is 25.0 Å². The zero-order valence-corrected chi connectivity index (χ0v) is 12.3. The molecule has 0 fully saturated rings. The lowest BCUT2D eigenvalue weighted by Crippen LogP contribution is -1.99. The van der Waals surface area contributed by atoms with E-state index < -0.39 is 4.92 Å². The first kappa shape index (κ1) is 14.8. The molecule has 0 atom stereocenters. The molecule has 1 aromatic heterocycles. The molecule has 0 unspecified atom stereocenters. The third-order valence-electron chi connectivity index (χ3n) is 2.33. The summed E-state index contributed by atoms with van der Waals surface area (Å²) in [6, 6.07) is 4.26. The van der Waals surface area contributed by atoms with E-state index in [-0.39, 0.29) is 28.6 Å². The van der Waals surface area contributed by atoms with Crippen LogP contribution in [0.4, 0.5) is 5.69 Å². The predicted octanol–water partition coefficient (Wildman–Crippen LogP) is 2.47. The molecule has 21 heavy (non-hydrogen) atoms. The lowest BCUT2D eigenvalue weighted by Gasteiger charge is -2.07. The van der Waals surface area contributed by atoms with Crippen molar-refractivity contribution in [3.63, 3.8) is 0 Å². The van der Waals surface area contributed by atoms with Crippen molar-refractivity contribution in [1.29, 1.82) is 5.26 Å². The molecular weight excluding hydrogens is 391 g/mol. The number of benzene rings is 1. The number of hydrogen-bond acceptors (Lipinski definition) is 7. The summed E-state index contributed by atoms with van der Waals surface area (Å²) in [6.07, 6.45) is 3.03. The van der Waals surface area contributed by atoms with E-state index in [1.54, 1.807) is 0 Å². The van der Waals surface area contributed by atoms with Gasteiger partial charge in [-0.15, -0.1) is 0 Å². The molecule has 9 heteroatoms. The van der Waals surface area contributed by atoms with Crippen LogP contribution in [0.5, 0.6) is 11.8 Å². The number of rotatable bonds is 4. The number of ether oxygens (including phenoxy) is 1. The highest BCUT2D eigenvalue weighted by molar-refractivity contribution is 14.1. The molecule has 0 aliphatic carbocycles. The molecule has 2 aromatic rings. The molecule has 0 aliphatic rings. The van der Waals surface area contributed by atoms with Gasteiger partial charge in [-0.05, 0) is 28.7 Å². The van der Waals surface area contributed by atoms with Crippen molar-refractivity contribution in [3.05, 3.63) is 49.3 Å². The Bertz CT molecular complexity index is 755. The quantitative estimate of drug-likeness (QED) is 0.337. The molecule has 1 aromatic carbocycles. The van der Waals surface area contributed by atoms with Crippen LogP contribution in [0.15, 0.2) is 24.5 Å². The van der Waals surface area contributed by atoms with Gasteiger partial charge >= 0.3 is 11.7 Å². The number of nitrogens with zero attached hydrogens (tertiary/aromatic N) is 4. The van der Waals surface area contributed by atoms with Gasteiger partial charge in [0, 0.05) is 18.5 Å². The maximum atomic E-state index is 11.1. The van der Waals surface area contributed by atoms with E-state index >= 15 is 0 Å². The van der Waals surface area contributed by atoms with Crippen molar-refractivity contribution in [1.82, 2.24) is 9.97 Å². The average molecular weight is 396 g/mol. The Labute approximate surface area is 131 Å². The summed E-state index contributed by atoms with van der Waals surface area (Å²) in [6.45, 7) is 0. The number of carbonyl (C=O) groups excluding carboxylic acids is 1. The summed E-state index contributed by atoms with van der Waals surface area (Å²) in [5, 5.41) is 19.9. The van der Waals surface area contributed by atoms with Crippen LogP contribution in [-0.2, 0) is 0 Å². The van der Waals surface area contributed by atoms with E-state index in [1.165, 1.54) is 18.5 Å². The van der Waals surface area contributed by atoms with Crippen LogP contribution in [0.3, 0.4) is 0 Å². The van der Waals surface area contributed by atoms with Gasteiger partial charge in [0.2, 0.25) is 5.75 Å². The highest BCUT2D eigenvalue weighted by Crippen LogP contribution is 2.35. The fourth-order valence-corrected chi connectivity index (χ4v) is 2.13. The first-order valence-corrected chi connectivity index (χ1v) is 6.46. The first-order valence-electron chi connectivity index (χ1n) is 5.38. The SMILES string of the molecule is N#Cc1cc(I)c(Oc2ncc(C=O)cn2)c([N+](=O)[O-])c1. The number of nitriles is 1. The van der Waals surface area contributed by atoms with Gasteiger partial charge in [-0.2, -0.15) is 5.26 Å². The van der Waals surface area contributed by atoms with Crippen LogP contribution in [0.2, 0.25) is 0 Å². The Morgan fingerprint density at radius 2 is 2.05 bits per heavy atom. The second kappa shape index (κ2) is 6.23. The fourth-order valence-electron chi connectivity index (χ4n) is 1.41. The summed E-state index contributed by atoms with van der Waals surface area (Å²) < 4.78 is 5.68. The zero-order valence-electron chi connectivity index (χ0n) is 10.2. The second-order valence-electron chi connectivity index (χ2n) is 3.69. The standard InChI is InChI=1S/C12H5IN4O4/c13-9-1-7(3-14)2-10(17(19)20)11(9)21-12-15-4-8(6-18)5-16-12/h1-2,4-6H. The van der Waals surface area contributed by atoms with Crippen LogP contribution < -0.4 is 4.74 Å². The lowest BCUT2D eigenvalue weighted by molar-refractivity contribution is -0.385. The minimum atomic E-state index is -0.655. The van der Waals surface area contributed by atoms with E-state index in [4.69, 9.17) is 10.00 Å². The van der Waals surface area contributed by atoms with E-state index in [0.717, 1.165) is 6.07 Å². The Kier molecular flexibility index (Phi) is 4.39. The van der Waals surface area contributed by atoms with Crippen LogP contribution in [-0.4, -0.2) is 21.2 Å². The van der Waals surface area contributed by atoms with Crippen molar-refractivity contribution in [2.45, 2.75) is 0 Å². The Morgan fingerprint density at radius 1 is 1.38 bits per heavy atom. The molecule has 8 nitrogen and oxygen atoms in total. The van der Waals surface area contributed by atoms with Crippen LogP contribution in [0.1, 0.15) is 15.9 Å². The third-order valence-corrected chi connectivity index (χ3v) is 3.13. The lowest BCUT2D eigenvalue weighted by atomic mass is 10.2. The molecular formula is C12H5IN4O4. The van der Waals surface area contributed by atoms with E-state index in [0.29, 0.717) is 9.86 Å². The molecule has 0 spiro atoms. The molecule has 0 N–H and O–H groups in total. The number of aromatic nitrogens is 2. The normalized spacial score (nSPS) is 9.71. The topological polar surface area (TPSA) is 119 Å². The van der Waals surface area contributed by atoms with Crippen molar-refractivity contribution in [3.8, 4) is 17.8 Å². The second-order valence-corrected chi connectivity index (χ2v) is 4.86. The molecule has 0 saturated carbocycles. The Morgan fingerprint density at radius 3 is 2.57 bits per heavy atom. The average Bonchev–Trinajstić information content (AvgIpc) is 2.49. The van der Waals surface area contributed by atoms with Crippen molar-refractivity contribution < 1.29 is 14.5 Å². The zero-order chi connectivity index (χ0) is 15.4. The number of halogens is 1. The van der Waals surface area contributed by atoms with E-state index in [2.05, 4.69) is 9.97 Å². The summed E-state index contributed by atoms with van der Waals surface area (Å²) in [5.41, 5.74) is 0.0450. The largest absolute Gasteiger partial charge is 0.416 e. The number of nitro benzene ring substituents is 1. The van der Waals surface area contributed by atoms with Gasteiger partial charge in [-0.3, -0.25) is 14.9 Å². The molecule has 2 rings (SSSR count). The summed E-state index contributed by atoms with van der Waals surface area (Å²) in [4.78, 5) is 28.5. The summed E-state index contributed by atoms with van der Waals surface area (Å²) in [5.74, 6) is -0.0570. The molecule has 0 radical (unpaired) electrons. The molecule has 104 valence electrons. The van der Waals surface area contributed by atoms with E-state index in [9.17, 15) is 14.9 Å². The molecule has 0 saturated heterocycles. The first-order chi connectivity index (χ1) is 10.0. The molecule has 0 bridgehead atoms. The van der Waals surface area contributed by atoms with E-state index in [1.807, 2.05) is 28.7 Å². The number of aldehydes is 1. The maximum Gasteiger partial charge on any atom is 0.322 e. The van der Waals surface area contributed by atoms with Gasteiger partial charge in [0.15, 0.2) is 6.29 Å². The summed E-state index contributed by atoms with van der Waals surface area (Å²) >= 11 is 1.82. The number of hydrogen-bond donors (Lipinski definition) is 0. The highest BCUT2D eigenvalue weighted by atomic mass is 127. The van der Waals surface area contributed by atoms with Crippen molar-refractivity contribution >= 4 is 34.6 Å². The van der Waals surface area contributed by atoms with Gasteiger partial charge in [0.25, 0.3) is 0 Å². The van der Waals surface area contributed by atoms with Gasteiger partial charge < -0.3 is 4.74 Å². The van der Waals surface area contributed by atoms with Crippen molar-refractivity contribution in [2.24, 2.45) is 0 Å². The monoisotopic (exact) mass is 396 g/mol. The highest BCUT2D eigenvalue weighted by Gasteiger charge is 2.22. The molecule has 1 heterocycles. The third kappa shape index (κ3) is 3.29. The van der Waals surface area contributed by atoms with Crippen molar-refractivity contribution in [2.75, 3.05) is 0 Å². The number of nitro groups is 1. The Hall–Kier alpha value is -2.61. The minimum absolute atomic E-state index is 0.0570. The Balaban J connectivity index is 2.45. The maximum absolute atomic E-state index is 11.1. The minimum Gasteiger partial charge on any atom is -0.416 e. The van der Waals surface area contributed by atoms with Crippen LogP contribution in [0.25, 0.3) is 0 Å². The molecule has 0 amide bonds. The summed E-state index contributed by atoms with van der Waals surface area (Å²) in [7, 11) is 0. The predicted molar refractivity (Wildman–Crippen MR) is 78.0 cm³/mol. The van der Waals surface area contributed by atoms with Gasteiger partial charge in [0.1, 0.15) is 0 Å². The van der Waals surface area contributed by atoms with Crippen LogP contribution >= 0.6 is 22.6 Å². The van der Waals surface area contributed by atoms with Gasteiger partial charge in [0.05, 0.1) is 25.7 Å². The fraction of sp³-hybridized carbons (Fsp3) is 0. The van der Waals surface area contributed by atoms with Gasteiger partial charge in [-0.25, -0.2) is 9.97 Å². The molecule has 0 aliphatic heterocycles. The number of carbonyl (C=O) groups is 1. The van der Waals surface area contributed by atoms with Gasteiger partial charge in [-0.1, -0.05) is 0 Å². The smallest absolute Gasteiger partial charge is 0.322 e.